The van der Waals surface area contributed by atoms with Gasteiger partial charge in [0.2, 0.25) is 0 Å². The summed E-state index contributed by atoms with van der Waals surface area (Å²) in [6, 6.07) is 1.98. The van der Waals surface area contributed by atoms with Gasteiger partial charge in [0.15, 0.2) is 0 Å². The minimum absolute atomic E-state index is 0.424. The first-order valence-corrected chi connectivity index (χ1v) is 5.06. The molecule has 1 N–H and O–H groups in total. The van der Waals surface area contributed by atoms with Crippen LogP contribution in [0.5, 0.6) is 0 Å². The maximum atomic E-state index is 9.26. The summed E-state index contributed by atoms with van der Waals surface area (Å²) in [5.41, 5.74) is 2.01. The van der Waals surface area contributed by atoms with Crippen LogP contribution in [0.25, 0.3) is 0 Å². The third kappa shape index (κ3) is 1.99. The molecule has 0 aromatic carbocycles. The van der Waals surface area contributed by atoms with Crippen LogP contribution < -0.4 is 0 Å². The number of hydrogen-bond acceptors (Lipinski definition) is 3. The van der Waals surface area contributed by atoms with E-state index < -0.39 is 6.10 Å². The molecule has 1 aromatic rings. The van der Waals surface area contributed by atoms with Crippen LogP contribution in [0.4, 0.5) is 0 Å². The number of thioether (sulfide) groups is 1. The first-order valence-electron chi connectivity index (χ1n) is 3.83. The Labute approximate surface area is 77.0 Å². The SMILES string of the molecule is CSc1ncc([C@@H](C)O)cc1C. The van der Waals surface area contributed by atoms with Gasteiger partial charge in [-0.25, -0.2) is 4.98 Å². The largest absolute Gasteiger partial charge is 0.389 e. The van der Waals surface area contributed by atoms with Gasteiger partial charge in [-0.3, -0.25) is 0 Å². The van der Waals surface area contributed by atoms with Crippen molar-refractivity contribution in [3.63, 3.8) is 0 Å². The highest BCUT2D eigenvalue weighted by Crippen LogP contribution is 2.20. The van der Waals surface area contributed by atoms with Gasteiger partial charge in [-0.15, -0.1) is 11.8 Å². The van der Waals surface area contributed by atoms with E-state index in [0.29, 0.717) is 0 Å². The Morgan fingerprint density at radius 2 is 2.25 bits per heavy atom. The number of rotatable bonds is 2. The Kier molecular flexibility index (Phi) is 3.12. The lowest BCUT2D eigenvalue weighted by Gasteiger charge is -2.06. The summed E-state index contributed by atoms with van der Waals surface area (Å²) >= 11 is 1.62. The number of aliphatic hydroxyl groups excluding tert-OH is 1. The first-order chi connectivity index (χ1) is 5.65. The highest BCUT2D eigenvalue weighted by molar-refractivity contribution is 7.98. The molecule has 1 atom stereocenters. The Morgan fingerprint density at radius 3 is 2.67 bits per heavy atom. The fraction of sp³-hybridized carbons (Fsp3) is 0.444. The number of hydrogen-bond donors (Lipinski definition) is 1. The van der Waals surface area contributed by atoms with Crippen molar-refractivity contribution >= 4 is 11.8 Å². The second-order valence-electron chi connectivity index (χ2n) is 2.77. The molecule has 0 aliphatic rings. The van der Waals surface area contributed by atoms with E-state index >= 15 is 0 Å². The fourth-order valence-corrected chi connectivity index (χ4v) is 1.57. The van der Waals surface area contributed by atoms with Crippen LogP contribution in [0.1, 0.15) is 24.2 Å². The number of aliphatic hydroxyl groups is 1. The zero-order chi connectivity index (χ0) is 9.14. The number of aromatic nitrogens is 1. The molecule has 0 saturated heterocycles. The lowest BCUT2D eigenvalue weighted by atomic mass is 10.1. The number of nitrogens with zero attached hydrogens (tertiary/aromatic N) is 1. The van der Waals surface area contributed by atoms with Crippen molar-refractivity contribution in [2.45, 2.75) is 25.0 Å². The normalized spacial score (nSPS) is 13.0. The van der Waals surface area contributed by atoms with E-state index in [4.69, 9.17) is 0 Å². The molecule has 0 bridgehead atoms. The maximum absolute atomic E-state index is 9.26. The minimum atomic E-state index is -0.424. The summed E-state index contributed by atoms with van der Waals surface area (Å²) in [5, 5.41) is 10.3. The number of pyridine rings is 1. The molecule has 1 heterocycles. The van der Waals surface area contributed by atoms with Gasteiger partial charge in [-0.1, -0.05) is 0 Å². The molecule has 3 heteroatoms. The summed E-state index contributed by atoms with van der Waals surface area (Å²) in [6.45, 7) is 3.75. The van der Waals surface area contributed by atoms with Gasteiger partial charge >= 0.3 is 0 Å². The fourth-order valence-electron chi connectivity index (χ4n) is 1.03. The lowest BCUT2D eigenvalue weighted by molar-refractivity contribution is 0.198. The summed E-state index contributed by atoms with van der Waals surface area (Å²) in [7, 11) is 0. The lowest BCUT2D eigenvalue weighted by Crippen LogP contribution is -1.94. The quantitative estimate of drug-likeness (QED) is 0.713. The Balaban J connectivity index is 3.02. The van der Waals surface area contributed by atoms with Gasteiger partial charge in [0.1, 0.15) is 0 Å². The highest BCUT2D eigenvalue weighted by Gasteiger charge is 2.03. The van der Waals surface area contributed by atoms with Crippen LogP contribution in [0, 0.1) is 6.92 Å². The Hall–Kier alpha value is -0.540. The van der Waals surface area contributed by atoms with Gasteiger partial charge in [-0.05, 0) is 37.3 Å². The summed E-state index contributed by atoms with van der Waals surface area (Å²) in [6.07, 6.45) is 3.30. The van der Waals surface area contributed by atoms with Crippen LogP contribution in [-0.2, 0) is 0 Å². The van der Waals surface area contributed by atoms with E-state index in [0.717, 1.165) is 16.2 Å². The number of aryl methyl sites for hydroxylation is 1. The average Bonchev–Trinajstić information content (AvgIpc) is 2.04. The van der Waals surface area contributed by atoms with Crippen LogP contribution in [-0.4, -0.2) is 16.3 Å². The van der Waals surface area contributed by atoms with Crippen molar-refractivity contribution in [3.8, 4) is 0 Å². The van der Waals surface area contributed by atoms with Crippen LogP contribution >= 0.6 is 11.8 Å². The molecule has 66 valence electrons. The van der Waals surface area contributed by atoms with Crippen molar-refractivity contribution in [1.29, 1.82) is 0 Å². The predicted octanol–water partition coefficient (Wildman–Crippen LogP) is 2.17. The summed E-state index contributed by atoms with van der Waals surface area (Å²) in [5.74, 6) is 0. The molecule has 0 amide bonds. The van der Waals surface area contributed by atoms with Crippen molar-refractivity contribution < 1.29 is 5.11 Å². The van der Waals surface area contributed by atoms with Crippen LogP contribution in [0.15, 0.2) is 17.3 Å². The molecule has 0 aliphatic carbocycles. The van der Waals surface area contributed by atoms with E-state index in [1.807, 2.05) is 19.2 Å². The topological polar surface area (TPSA) is 33.1 Å². The van der Waals surface area contributed by atoms with E-state index in [2.05, 4.69) is 4.98 Å². The molecule has 1 rings (SSSR count). The second-order valence-corrected chi connectivity index (χ2v) is 3.57. The van der Waals surface area contributed by atoms with Crippen LogP contribution in [0.2, 0.25) is 0 Å². The van der Waals surface area contributed by atoms with Gasteiger partial charge in [0.25, 0.3) is 0 Å². The maximum Gasteiger partial charge on any atom is 0.0986 e. The molecule has 12 heavy (non-hydrogen) atoms. The monoisotopic (exact) mass is 183 g/mol. The molecular formula is C9H13NOS. The summed E-state index contributed by atoms with van der Waals surface area (Å²) in [4.78, 5) is 4.22. The summed E-state index contributed by atoms with van der Waals surface area (Å²) < 4.78 is 0. The van der Waals surface area contributed by atoms with Crippen molar-refractivity contribution in [1.82, 2.24) is 4.98 Å². The van der Waals surface area contributed by atoms with Gasteiger partial charge < -0.3 is 5.11 Å². The Bertz CT molecular complexity index is 273. The smallest absolute Gasteiger partial charge is 0.0986 e. The Morgan fingerprint density at radius 1 is 1.58 bits per heavy atom. The molecule has 0 unspecified atom stereocenters. The third-order valence-corrected chi connectivity index (χ3v) is 2.54. The van der Waals surface area contributed by atoms with E-state index in [1.165, 1.54) is 0 Å². The molecule has 0 fully saturated rings. The van der Waals surface area contributed by atoms with E-state index in [-0.39, 0.29) is 0 Å². The molecule has 0 saturated carbocycles. The molecule has 0 spiro atoms. The zero-order valence-electron chi connectivity index (χ0n) is 7.53. The van der Waals surface area contributed by atoms with Crippen molar-refractivity contribution in [2.75, 3.05) is 6.26 Å². The molecule has 2 nitrogen and oxygen atoms in total. The van der Waals surface area contributed by atoms with Gasteiger partial charge in [-0.2, -0.15) is 0 Å². The van der Waals surface area contributed by atoms with E-state index in [9.17, 15) is 5.11 Å². The van der Waals surface area contributed by atoms with Gasteiger partial charge in [0.05, 0.1) is 11.1 Å². The van der Waals surface area contributed by atoms with Crippen LogP contribution in [0.3, 0.4) is 0 Å². The highest BCUT2D eigenvalue weighted by atomic mass is 32.2. The van der Waals surface area contributed by atoms with Crippen molar-refractivity contribution in [3.05, 3.63) is 23.4 Å². The van der Waals surface area contributed by atoms with Crippen molar-refractivity contribution in [2.24, 2.45) is 0 Å². The third-order valence-electron chi connectivity index (χ3n) is 1.73. The first kappa shape index (κ1) is 9.55. The standard InChI is InChI=1S/C9H13NOS/c1-6-4-8(7(2)11)5-10-9(6)12-3/h4-5,7,11H,1-3H3/t7-/m1/s1. The molecule has 0 aliphatic heterocycles. The second kappa shape index (κ2) is 3.92. The average molecular weight is 183 g/mol. The molecule has 0 radical (unpaired) electrons. The van der Waals surface area contributed by atoms with Gasteiger partial charge in [0, 0.05) is 6.20 Å². The zero-order valence-corrected chi connectivity index (χ0v) is 8.35. The molecule has 1 aromatic heterocycles. The predicted molar refractivity (Wildman–Crippen MR) is 51.4 cm³/mol. The minimum Gasteiger partial charge on any atom is -0.389 e. The molecular weight excluding hydrogens is 170 g/mol. The van der Waals surface area contributed by atoms with E-state index in [1.54, 1.807) is 24.9 Å².